The summed E-state index contributed by atoms with van der Waals surface area (Å²) in [7, 11) is 0. The number of hydrogen-bond acceptors (Lipinski definition) is 3. The molecule has 0 bridgehead atoms. The van der Waals surface area contributed by atoms with E-state index in [-0.39, 0.29) is 5.82 Å². The maximum atomic E-state index is 13.2. The molecule has 0 saturated heterocycles. The molecule has 0 spiro atoms. The number of nitrogens with zero attached hydrogens (tertiary/aromatic N) is 2. The number of anilines is 1. The van der Waals surface area contributed by atoms with Crippen molar-refractivity contribution < 1.29 is 9.13 Å². The van der Waals surface area contributed by atoms with Crippen LogP contribution in [0.5, 0.6) is 0 Å². The quantitative estimate of drug-likeness (QED) is 0.573. The number of benzene rings is 1. The van der Waals surface area contributed by atoms with Gasteiger partial charge in [-0.15, -0.1) is 0 Å². The summed E-state index contributed by atoms with van der Waals surface area (Å²) in [5.41, 5.74) is 0.858. The van der Waals surface area contributed by atoms with E-state index in [0.29, 0.717) is 24.1 Å². The summed E-state index contributed by atoms with van der Waals surface area (Å²) in [4.78, 5) is 0. The number of aromatic nitrogens is 2. The van der Waals surface area contributed by atoms with Gasteiger partial charge >= 0.3 is 0 Å². The number of rotatable bonds is 8. The van der Waals surface area contributed by atoms with Crippen LogP contribution < -0.4 is 10.6 Å². The Morgan fingerprint density at radius 2 is 2.26 bits per heavy atom. The molecule has 0 aliphatic rings. The Morgan fingerprint density at radius 1 is 1.39 bits per heavy atom. The molecule has 1 heterocycles. The van der Waals surface area contributed by atoms with Gasteiger partial charge in [-0.3, -0.25) is 4.68 Å². The lowest BCUT2D eigenvalue weighted by Crippen LogP contribution is -2.30. The summed E-state index contributed by atoms with van der Waals surface area (Å²) in [6.45, 7) is 4.67. The van der Waals surface area contributed by atoms with Crippen molar-refractivity contribution >= 4 is 23.1 Å². The van der Waals surface area contributed by atoms with E-state index < -0.39 is 0 Å². The van der Waals surface area contributed by atoms with E-state index in [2.05, 4.69) is 15.7 Å². The van der Waals surface area contributed by atoms with Gasteiger partial charge in [-0.1, -0.05) is 12.1 Å². The predicted octanol–water partition coefficient (Wildman–Crippen LogP) is 2.78. The van der Waals surface area contributed by atoms with Gasteiger partial charge in [-0.25, -0.2) is 4.39 Å². The number of halogens is 1. The molecular formula is C16H21FN4OS. The summed E-state index contributed by atoms with van der Waals surface area (Å²) in [6, 6.07) is 8.30. The van der Waals surface area contributed by atoms with Crippen LogP contribution in [0.2, 0.25) is 0 Å². The molecule has 0 fully saturated rings. The molecule has 2 rings (SSSR count). The minimum Gasteiger partial charge on any atom is -0.382 e. The van der Waals surface area contributed by atoms with E-state index in [4.69, 9.17) is 17.0 Å². The van der Waals surface area contributed by atoms with Crippen molar-refractivity contribution in [2.75, 3.05) is 25.1 Å². The second-order valence-electron chi connectivity index (χ2n) is 4.96. The van der Waals surface area contributed by atoms with Gasteiger partial charge < -0.3 is 15.4 Å². The highest BCUT2D eigenvalue weighted by molar-refractivity contribution is 7.80. The Labute approximate surface area is 140 Å². The molecule has 7 heteroatoms. The summed E-state index contributed by atoms with van der Waals surface area (Å²) < 4.78 is 20.2. The SMILES string of the molecule is CCOCCCNC(=S)Nc1ccn(Cc2cccc(F)c2)n1. The van der Waals surface area contributed by atoms with E-state index >= 15 is 0 Å². The molecule has 1 aromatic heterocycles. The zero-order valence-corrected chi connectivity index (χ0v) is 13.9. The highest BCUT2D eigenvalue weighted by Crippen LogP contribution is 2.08. The monoisotopic (exact) mass is 336 g/mol. The van der Waals surface area contributed by atoms with Gasteiger partial charge in [0.15, 0.2) is 10.9 Å². The van der Waals surface area contributed by atoms with Crippen molar-refractivity contribution in [1.82, 2.24) is 15.1 Å². The second kappa shape index (κ2) is 9.22. The van der Waals surface area contributed by atoms with Crippen LogP contribution in [0.3, 0.4) is 0 Å². The molecule has 2 N–H and O–H groups in total. The van der Waals surface area contributed by atoms with Crippen molar-refractivity contribution in [3.05, 3.63) is 47.9 Å². The molecular weight excluding hydrogens is 315 g/mol. The average Bonchev–Trinajstić information content (AvgIpc) is 2.94. The molecule has 0 unspecified atom stereocenters. The highest BCUT2D eigenvalue weighted by atomic mass is 32.1. The topological polar surface area (TPSA) is 51.1 Å². The lowest BCUT2D eigenvalue weighted by Gasteiger charge is -2.08. The van der Waals surface area contributed by atoms with Crippen molar-refractivity contribution in [1.29, 1.82) is 0 Å². The summed E-state index contributed by atoms with van der Waals surface area (Å²) in [5, 5.41) is 11.0. The largest absolute Gasteiger partial charge is 0.382 e. The van der Waals surface area contributed by atoms with Crippen LogP contribution in [-0.2, 0) is 11.3 Å². The smallest absolute Gasteiger partial charge is 0.171 e. The van der Waals surface area contributed by atoms with E-state index in [9.17, 15) is 4.39 Å². The standard InChI is InChI=1S/C16H21FN4OS/c1-2-22-10-4-8-18-16(23)19-15-7-9-21(20-15)12-13-5-3-6-14(17)11-13/h3,5-7,9,11H,2,4,8,10,12H2,1H3,(H2,18,19,20,23). The Balaban J connectivity index is 1.77. The first-order chi connectivity index (χ1) is 11.2. The number of ether oxygens (including phenoxy) is 1. The highest BCUT2D eigenvalue weighted by Gasteiger charge is 2.03. The van der Waals surface area contributed by atoms with Crippen LogP contribution in [0, 0.1) is 5.82 Å². The van der Waals surface area contributed by atoms with Gasteiger partial charge in [0, 0.05) is 32.0 Å². The fourth-order valence-corrected chi connectivity index (χ4v) is 2.23. The minimum atomic E-state index is -0.245. The molecule has 0 atom stereocenters. The van der Waals surface area contributed by atoms with Crippen molar-refractivity contribution in [2.45, 2.75) is 19.9 Å². The van der Waals surface area contributed by atoms with Gasteiger partial charge in [-0.05, 0) is 43.3 Å². The average molecular weight is 336 g/mol. The van der Waals surface area contributed by atoms with Crippen LogP contribution in [0.25, 0.3) is 0 Å². The van der Waals surface area contributed by atoms with E-state index in [1.54, 1.807) is 10.7 Å². The van der Waals surface area contributed by atoms with Crippen LogP contribution >= 0.6 is 12.2 Å². The maximum absolute atomic E-state index is 13.2. The number of nitrogens with one attached hydrogen (secondary N) is 2. The second-order valence-corrected chi connectivity index (χ2v) is 5.37. The molecule has 0 saturated carbocycles. The van der Waals surface area contributed by atoms with Crippen LogP contribution in [0.4, 0.5) is 10.2 Å². The normalized spacial score (nSPS) is 10.5. The number of hydrogen-bond donors (Lipinski definition) is 2. The van der Waals surface area contributed by atoms with Crippen molar-refractivity contribution in [3.8, 4) is 0 Å². The third kappa shape index (κ3) is 6.33. The number of thiocarbonyl (C=S) groups is 1. The van der Waals surface area contributed by atoms with Crippen molar-refractivity contribution in [2.24, 2.45) is 0 Å². The summed E-state index contributed by atoms with van der Waals surface area (Å²) >= 11 is 5.21. The molecule has 0 aliphatic heterocycles. The Bertz CT molecular complexity index is 632. The van der Waals surface area contributed by atoms with Crippen molar-refractivity contribution in [3.63, 3.8) is 0 Å². The summed E-state index contributed by atoms with van der Waals surface area (Å²) in [5.74, 6) is 0.411. The van der Waals surface area contributed by atoms with Gasteiger partial charge in [0.1, 0.15) is 5.82 Å². The zero-order valence-electron chi connectivity index (χ0n) is 13.1. The Morgan fingerprint density at radius 3 is 3.04 bits per heavy atom. The van der Waals surface area contributed by atoms with Gasteiger partial charge in [0.25, 0.3) is 0 Å². The van der Waals surface area contributed by atoms with E-state index in [1.807, 2.05) is 25.3 Å². The molecule has 124 valence electrons. The first kappa shape index (κ1) is 17.4. The molecule has 23 heavy (non-hydrogen) atoms. The zero-order chi connectivity index (χ0) is 16.5. The van der Waals surface area contributed by atoms with Gasteiger partial charge in [-0.2, -0.15) is 5.10 Å². The fourth-order valence-electron chi connectivity index (χ4n) is 2.02. The Hall–Kier alpha value is -1.99. The Kier molecular flexibility index (Phi) is 6.96. The maximum Gasteiger partial charge on any atom is 0.171 e. The lowest BCUT2D eigenvalue weighted by atomic mass is 10.2. The molecule has 2 aromatic rings. The van der Waals surface area contributed by atoms with E-state index in [0.717, 1.165) is 25.1 Å². The fraction of sp³-hybridized carbons (Fsp3) is 0.375. The lowest BCUT2D eigenvalue weighted by molar-refractivity contribution is 0.146. The molecule has 0 aliphatic carbocycles. The van der Waals surface area contributed by atoms with Crippen LogP contribution in [0.1, 0.15) is 18.9 Å². The predicted molar refractivity (Wildman–Crippen MR) is 93.1 cm³/mol. The van der Waals surface area contributed by atoms with Gasteiger partial charge in [0.05, 0.1) is 6.54 Å². The first-order valence-electron chi connectivity index (χ1n) is 7.58. The molecule has 1 aromatic carbocycles. The van der Waals surface area contributed by atoms with Crippen LogP contribution in [-0.4, -0.2) is 34.7 Å². The minimum absolute atomic E-state index is 0.245. The molecule has 0 radical (unpaired) electrons. The molecule has 5 nitrogen and oxygen atoms in total. The molecule has 0 amide bonds. The third-order valence-corrected chi connectivity index (χ3v) is 3.32. The van der Waals surface area contributed by atoms with Crippen LogP contribution in [0.15, 0.2) is 36.5 Å². The first-order valence-corrected chi connectivity index (χ1v) is 7.98. The summed E-state index contributed by atoms with van der Waals surface area (Å²) in [6.07, 6.45) is 2.72. The third-order valence-electron chi connectivity index (χ3n) is 3.07. The van der Waals surface area contributed by atoms with E-state index in [1.165, 1.54) is 12.1 Å². The van der Waals surface area contributed by atoms with Gasteiger partial charge in [0.2, 0.25) is 0 Å².